The van der Waals surface area contributed by atoms with Gasteiger partial charge in [-0.05, 0) is 24.6 Å². The summed E-state index contributed by atoms with van der Waals surface area (Å²) in [4.78, 5) is 12.6. The van der Waals surface area contributed by atoms with E-state index in [1.807, 2.05) is 6.07 Å². The van der Waals surface area contributed by atoms with Gasteiger partial charge in [0.1, 0.15) is 6.04 Å². The van der Waals surface area contributed by atoms with Crippen molar-refractivity contribution in [3.8, 4) is 6.07 Å². The number of likely N-dealkylation sites (N-methyl/N-ethyl adjacent to an activating group) is 1. The summed E-state index contributed by atoms with van der Waals surface area (Å²) < 4.78 is 0. The van der Waals surface area contributed by atoms with Gasteiger partial charge in [0, 0.05) is 7.05 Å². The van der Waals surface area contributed by atoms with Crippen molar-refractivity contribution in [2.75, 3.05) is 11.9 Å². The molecule has 1 aromatic rings. The maximum absolute atomic E-state index is 11.0. The van der Waals surface area contributed by atoms with Crippen LogP contribution < -0.4 is 4.90 Å². The van der Waals surface area contributed by atoms with Crippen molar-refractivity contribution in [3.63, 3.8) is 0 Å². The summed E-state index contributed by atoms with van der Waals surface area (Å²) in [5.74, 6) is -0.893. The van der Waals surface area contributed by atoms with Gasteiger partial charge in [0.15, 0.2) is 0 Å². The Labute approximate surface area is 105 Å². The minimum atomic E-state index is -0.893. The van der Waals surface area contributed by atoms with Crippen molar-refractivity contribution in [2.24, 2.45) is 0 Å². The zero-order valence-corrected chi connectivity index (χ0v) is 10.4. The molecule has 0 spiro atoms. The fourth-order valence-corrected chi connectivity index (χ4v) is 1.96. The van der Waals surface area contributed by atoms with Crippen molar-refractivity contribution < 1.29 is 9.90 Å². The van der Waals surface area contributed by atoms with Gasteiger partial charge in [0.05, 0.1) is 22.3 Å². The number of nitriles is 1. The molecule has 0 amide bonds. The SMILES string of the molecule is CCC(C(=O)O)N(C)c1ccc(C#N)cc1Cl. The summed E-state index contributed by atoms with van der Waals surface area (Å²) in [6.45, 7) is 1.80. The van der Waals surface area contributed by atoms with Crippen LogP contribution in [0.3, 0.4) is 0 Å². The highest BCUT2D eigenvalue weighted by molar-refractivity contribution is 6.33. The van der Waals surface area contributed by atoms with Crippen LogP contribution in [0.5, 0.6) is 0 Å². The van der Waals surface area contributed by atoms with Gasteiger partial charge in [-0.2, -0.15) is 5.26 Å². The molecular formula is C12H13ClN2O2. The van der Waals surface area contributed by atoms with Gasteiger partial charge < -0.3 is 10.0 Å². The lowest BCUT2D eigenvalue weighted by molar-refractivity contribution is -0.138. The minimum absolute atomic E-state index is 0.381. The summed E-state index contributed by atoms with van der Waals surface area (Å²) >= 11 is 6.02. The summed E-state index contributed by atoms with van der Waals surface area (Å²) in [6, 6.07) is 6.16. The van der Waals surface area contributed by atoms with Crippen molar-refractivity contribution in [1.29, 1.82) is 5.26 Å². The molecule has 0 saturated heterocycles. The molecule has 0 radical (unpaired) electrons. The third-order valence-corrected chi connectivity index (χ3v) is 2.90. The zero-order valence-electron chi connectivity index (χ0n) is 9.64. The van der Waals surface area contributed by atoms with Crippen LogP contribution in [-0.4, -0.2) is 24.2 Å². The summed E-state index contributed by atoms with van der Waals surface area (Å²) in [6.07, 6.45) is 0.474. The van der Waals surface area contributed by atoms with Gasteiger partial charge in [-0.25, -0.2) is 4.79 Å². The molecule has 0 aliphatic heterocycles. The molecule has 1 rings (SSSR count). The van der Waals surface area contributed by atoms with Crippen molar-refractivity contribution in [1.82, 2.24) is 0 Å². The first kappa shape index (κ1) is 13.3. The van der Waals surface area contributed by atoms with Crippen LogP contribution in [0.4, 0.5) is 5.69 Å². The number of benzene rings is 1. The lowest BCUT2D eigenvalue weighted by atomic mass is 10.1. The molecule has 1 atom stereocenters. The van der Waals surface area contributed by atoms with E-state index in [1.165, 1.54) is 6.07 Å². The molecule has 17 heavy (non-hydrogen) atoms. The minimum Gasteiger partial charge on any atom is -0.480 e. The molecule has 90 valence electrons. The molecule has 1 unspecified atom stereocenters. The van der Waals surface area contributed by atoms with E-state index in [-0.39, 0.29) is 0 Å². The fourth-order valence-electron chi connectivity index (χ4n) is 1.64. The molecule has 0 heterocycles. The van der Waals surface area contributed by atoms with Crippen LogP contribution in [0.25, 0.3) is 0 Å². The van der Waals surface area contributed by atoms with E-state index >= 15 is 0 Å². The molecule has 1 aromatic carbocycles. The quantitative estimate of drug-likeness (QED) is 0.894. The maximum Gasteiger partial charge on any atom is 0.326 e. The second-order valence-corrected chi connectivity index (χ2v) is 4.06. The van der Waals surface area contributed by atoms with E-state index in [9.17, 15) is 4.79 Å². The second-order valence-electron chi connectivity index (χ2n) is 3.65. The van der Waals surface area contributed by atoms with Crippen LogP contribution >= 0.6 is 11.6 Å². The van der Waals surface area contributed by atoms with Crippen LogP contribution in [0.2, 0.25) is 5.02 Å². The molecule has 0 bridgehead atoms. The van der Waals surface area contributed by atoms with Crippen molar-refractivity contribution >= 4 is 23.3 Å². The summed E-state index contributed by atoms with van der Waals surface area (Å²) in [5, 5.41) is 18.2. The summed E-state index contributed by atoms with van der Waals surface area (Å²) in [7, 11) is 1.68. The highest BCUT2D eigenvalue weighted by atomic mass is 35.5. The Morgan fingerprint density at radius 2 is 2.29 bits per heavy atom. The first-order valence-corrected chi connectivity index (χ1v) is 5.54. The van der Waals surface area contributed by atoms with Crippen LogP contribution in [0.1, 0.15) is 18.9 Å². The first-order chi connectivity index (χ1) is 8.01. The number of hydrogen-bond acceptors (Lipinski definition) is 3. The Balaban J connectivity index is 3.08. The molecule has 4 nitrogen and oxygen atoms in total. The third kappa shape index (κ3) is 2.89. The Bertz CT molecular complexity index is 468. The summed E-state index contributed by atoms with van der Waals surface area (Å²) in [5.41, 5.74) is 1.07. The number of nitrogens with zero attached hydrogens (tertiary/aromatic N) is 2. The number of carboxylic acid groups (broad SMARTS) is 1. The molecule has 0 aromatic heterocycles. The number of hydrogen-bond donors (Lipinski definition) is 1. The molecule has 0 saturated carbocycles. The number of halogens is 1. The monoisotopic (exact) mass is 252 g/mol. The van der Waals surface area contributed by atoms with E-state index in [2.05, 4.69) is 0 Å². The topological polar surface area (TPSA) is 64.3 Å². The van der Waals surface area contributed by atoms with Gasteiger partial charge in [0.25, 0.3) is 0 Å². The number of aliphatic carboxylic acids is 1. The molecular weight excluding hydrogens is 240 g/mol. The highest BCUT2D eigenvalue weighted by Crippen LogP contribution is 2.27. The van der Waals surface area contributed by atoms with E-state index in [1.54, 1.807) is 31.0 Å². The van der Waals surface area contributed by atoms with Crippen LogP contribution in [-0.2, 0) is 4.79 Å². The van der Waals surface area contributed by atoms with E-state index < -0.39 is 12.0 Å². The lowest BCUT2D eigenvalue weighted by Crippen LogP contribution is -2.38. The van der Waals surface area contributed by atoms with Gasteiger partial charge in [-0.1, -0.05) is 18.5 Å². The predicted octanol–water partition coefficient (Wildman–Crippen LogP) is 2.51. The molecule has 0 aliphatic carbocycles. The number of rotatable bonds is 4. The van der Waals surface area contributed by atoms with Crippen molar-refractivity contribution in [3.05, 3.63) is 28.8 Å². The van der Waals surface area contributed by atoms with Gasteiger partial charge in [0.2, 0.25) is 0 Å². The Hall–Kier alpha value is -1.73. The average Bonchev–Trinajstić information content (AvgIpc) is 2.28. The average molecular weight is 253 g/mol. The molecule has 1 N–H and O–H groups in total. The van der Waals surface area contributed by atoms with Crippen molar-refractivity contribution in [2.45, 2.75) is 19.4 Å². The molecule has 5 heteroatoms. The molecule has 0 fully saturated rings. The standard InChI is InChI=1S/C12H13ClN2O2/c1-3-10(12(16)17)15(2)11-5-4-8(7-14)6-9(11)13/h4-6,10H,3H2,1-2H3,(H,16,17). The fraction of sp³-hybridized carbons (Fsp3) is 0.333. The predicted molar refractivity (Wildman–Crippen MR) is 66.3 cm³/mol. The Morgan fingerprint density at radius 1 is 1.65 bits per heavy atom. The largest absolute Gasteiger partial charge is 0.480 e. The van der Waals surface area contributed by atoms with E-state index in [4.69, 9.17) is 22.0 Å². The second kappa shape index (κ2) is 5.55. The maximum atomic E-state index is 11.0. The van der Waals surface area contributed by atoms with Crippen LogP contribution in [0.15, 0.2) is 18.2 Å². The normalized spacial score (nSPS) is 11.6. The Kier molecular flexibility index (Phi) is 4.36. The third-order valence-electron chi connectivity index (χ3n) is 2.60. The van der Waals surface area contributed by atoms with E-state index in [0.717, 1.165) is 0 Å². The lowest BCUT2D eigenvalue weighted by Gasteiger charge is -2.26. The van der Waals surface area contributed by atoms with Crippen LogP contribution in [0, 0.1) is 11.3 Å². The number of carbonyl (C=O) groups is 1. The smallest absolute Gasteiger partial charge is 0.326 e. The van der Waals surface area contributed by atoms with Gasteiger partial charge in [-0.3, -0.25) is 0 Å². The number of anilines is 1. The highest BCUT2D eigenvalue weighted by Gasteiger charge is 2.22. The zero-order chi connectivity index (χ0) is 13.0. The van der Waals surface area contributed by atoms with Gasteiger partial charge >= 0.3 is 5.97 Å². The first-order valence-electron chi connectivity index (χ1n) is 5.16. The molecule has 0 aliphatic rings. The Morgan fingerprint density at radius 3 is 2.71 bits per heavy atom. The van der Waals surface area contributed by atoms with E-state index in [0.29, 0.717) is 22.7 Å². The number of carboxylic acids is 1. The van der Waals surface area contributed by atoms with Gasteiger partial charge in [-0.15, -0.1) is 0 Å².